The molecular formula is C77H146O6. The Bertz CT molecular complexity index is 1340. The van der Waals surface area contributed by atoms with Gasteiger partial charge >= 0.3 is 17.9 Å². The first-order chi connectivity index (χ1) is 41.0. The van der Waals surface area contributed by atoms with Gasteiger partial charge in [-0.05, 0) is 70.6 Å². The molecule has 83 heavy (non-hydrogen) atoms. The second-order valence-electron chi connectivity index (χ2n) is 25.9. The van der Waals surface area contributed by atoms with Gasteiger partial charge in [0.05, 0.1) is 0 Å². The fourth-order valence-electron chi connectivity index (χ4n) is 11.7. The van der Waals surface area contributed by atoms with Gasteiger partial charge in [-0.1, -0.05) is 366 Å². The normalized spacial score (nSPS) is 12.1. The Balaban J connectivity index is 4.05. The van der Waals surface area contributed by atoms with E-state index < -0.39 is 6.10 Å². The maximum absolute atomic E-state index is 12.9. The largest absolute Gasteiger partial charge is 0.462 e. The summed E-state index contributed by atoms with van der Waals surface area (Å²) in [6.07, 6.45) is 89.6. The lowest BCUT2D eigenvalue weighted by Crippen LogP contribution is -2.30. The van der Waals surface area contributed by atoms with Crippen LogP contribution in [0.15, 0.2) is 24.3 Å². The van der Waals surface area contributed by atoms with E-state index in [9.17, 15) is 14.4 Å². The monoisotopic (exact) mass is 1170 g/mol. The zero-order valence-electron chi connectivity index (χ0n) is 56.5. The first-order valence-corrected chi connectivity index (χ1v) is 37.8. The van der Waals surface area contributed by atoms with Crippen molar-refractivity contribution < 1.29 is 28.6 Å². The van der Waals surface area contributed by atoms with Crippen LogP contribution in [0.4, 0.5) is 0 Å². The summed E-state index contributed by atoms with van der Waals surface area (Å²) in [5.41, 5.74) is 0. The molecule has 1 atom stereocenters. The number of carbonyl (C=O) groups excluding carboxylic acids is 3. The molecule has 0 bridgehead atoms. The van der Waals surface area contributed by atoms with Crippen LogP contribution in [0.25, 0.3) is 0 Å². The summed E-state index contributed by atoms with van der Waals surface area (Å²) in [4.78, 5) is 38.4. The zero-order valence-corrected chi connectivity index (χ0v) is 56.5. The molecule has 6 heteroatoms. The molecule has 0 aliphatic rings. The molecule has 0 aromatic rings. The van der Waals surface area contributed by atoms with Crippen molar-refractivity contribution in [2.45, 2.75) is 438 Å². The lowest BCUT2D eigenvalue weighted by atomic mass is 10.0. The van der Waals surface area contributed by atoms with Gasteiger partial charge in [0.15, 0.2) is 6.10 Å². The van der Waals surface area contributed by atoms with Crippen LogP contribution < -0.4 is 0 Å². The summed E-state index contributed by atoms with van der Waals surface area (Å²) in [5.74, 6) is -0.834. The summed E-state index contributed by atoms with van der Waals surface area (Å²) >= 11 is 0. The van der Waals surface area contributed by atoms with E-state index >= 15 is 0 Å². The third kappa shape index (κ3) is 70.5. The van der Waals surface area contributed by atoms with Gasteiger partial charge < -0.3 is 14.2 Å². The van der Waals surface area contributed by atoms with Crippen molar-refractivity contribution in [1.29, 1.82) is 0 Å². The Kier molecular flexibility index (Phi) is 70.5. The van der Waals surface area contributed by atoms with Gasteiger partial charge in [-0.15, -0.1) is 0 Å². The van der Waals surface area contributed by atoms with Gasteiger partial charge in [-0.2, -0.15) is 0 Å². The average molecular weight is 1170 g/mol. The minimum Gasteiger partial charge on any atom is -0.462 e. The predicted octanol–water partition coefficient (Wildman–Crippen LogP) is 26.1. The minimum atomic E-state index is -0.767. The van der Waals surface area contributed by atoms with Crippen LogP contribution in [0.5, 0.6) is 0 Å². The Morgan fingerprint density at radius 3 is 0.602 bits per heavy atom. The van der Waals surface area contributed by atoms with Crippen molar-refractivity contribution in [3.8, 4) is 0 Å². The molecule has 0 rings (SSSR count). The van der Waals surface area contributed by atoms with Crippen molar-refractivity contribution in [3.63, 3.8) is 0 Å². The van der Waals surface area contributed by atoms with E-state index in [2.05, 4.69) is 45.1 Å². The highest BCUT2D eigenvalue weighted by Gasteiger charge is 2.20. The first kappa shape index (κ1) is 80.9. The van der Waals surface area contributed by atoms with Crippen LogP contribution in [0.1, 0.15) is 432 Å². The molecule has 0 aromatic carbocycles. The van der Waals surface area contributed by atoms with Gasteiger partial charge in [0.1, 0.15) is 13.2 Å². The van der Waals surface area contributed by atoms with E-state index in [-0.39, 0.29) is 31.1 Å². The third-order valence-corrected chi connectivity index (χ3v) is 17.4. The highest BCUT2D eigenvalue weighted by atomic mass is 16.6. The van der Waals surface area contributed by atoms with Crippen molar-refractivity contribution in [3.05, 3.63) is 24.3 Å². The Morgan fingerprint density at radius 2 is 0.398 bits per heavy atom. The fourth-order valence-corrected chi connectivity index (χ4v) is 11.7. The summed E-state index contributed by atoms with van der Waals surface area (Å²) in [6.45, 7) is 6.70. The SMILES string of the molecule is CCCCCCCCCC/C=C\CCCCCCCCCCCCCCCCCCCC(=O)OCC(COC(=O)CCCCCCCCCCC)OC(=O)CCCCCCCCCCCCCCCCC/C=C\CCCCCCCCCC. The number of hydrogen-bond donors (Lipinski definition) is 0. The first-order valence-electron chi connectivity index (χ1n) is 37.8. The summed E-state index contributed by atoms with van der Waals surface area (Å²) in [6, 6.07) is 0. The van der Waals surface area contributed by atoms with Crippen LogP contribution in [0, 0.1) is 0 Å². The number of hydrogen-bond acceptors (Lipinski definition) is 6. The molecule has 0 heterocycles. The number of esters is 3. The fraction of sp³-hybridized carbons (Fsp3) is 0.909. The zero-order chi connectivity index (χ0) is 59.9. The minimum absolute atomic E-state index is 0.0643. The number of rotatable bonds is 71. The maximum atomic E-state index is 12.9. The molecule has 0 saturated heterocycles. The maximum Gasteiger partial charge on any atom is 0.306 e. The average Bonchev–Trinajstić information content (AvgIpc) is 3.49. The van der Waals surface area contributed by atoms with Gasteiger partial charge in [0, 0.05) is 19.3 Å². The molecule has 0 N–H and O–H groups in total. The Labute approximate surface area is 519 Å². The van der Waals surface area contributed by atoms with Crippen LogP contribution in [-0.4, -0.2) is 37.2 Å². The number of carbonyl (C=O) groups is 3. The number of allylic oxidation sites excluding steroid dienone is 4. The van der Waals surface area contributed by atoms with Crippen molar-refractivity contribution in [2.75, 3.05) is 13.2 Å². The predicted molar refractivity (Wildman–Crippen MR) is 363 cm³/mol. The quantitative estimate of drug-likeness (QED) is 0.0261. The number of unbranched alkanes of at least 4 members (excludes halogenated alkanes) is 56. The lowest BCUT2D eigenvalue weighted by molar-refractivity contribution is -0.167. The van der Waals surface area contributed by atoms with Gasteiger partial charge in [0.25, 0.3) is 0 Å². The highest BCUT2D eigenvalue weighted by Crippen LogP contribution is 2.19. The molecule has 490 valence electrons. The van der Waals surface area contributed by atoms with E-state index in [1.165, 1.54) is 334 Å². The van der Waals surface area contributed by atoms with E-state index in [0.29, 0.717) is 19.3 Å². The lowest BCUT2D eigenvalue weighted by Gasteiger charge is -2.18. The smallest absolute Gasteiger partial charge is 0.306 e. The van der Waals surface area contributed by atoms with Crippen LogP contribution in [0.3, 0.4) is 0 Å². The highest BCUT2D eigenvalue weighted by molar-refractivity contribution is 5.71. The number of ether oxygens (including phenoxy) is 3. The van der Waals surface area contributed by atoms with Gasteiger partial charge in [-0.25, -0.2) is 0 Å². The van der Waals surface area contributed by atoms with Crippen LogP contribution in [0.2, 0.25) is 0 Å². The van der Waals surface area contributed by atoms with Gasteiger partial charge in [-0.3, -0.25) is 14.4 Å². The molecular weight excluding hydrogens is 1020 g/mol. The molecule has 1 unspecified atom stereocenters. The van der Waals surface area contributed by atoms with E-state index in [1.807, 2.05) is 0 Å². The van der Waals surface area contributed by atoms with Crippen molar-refractivity contribution >= 4 is 17.9 Å². The molecule has 0 fully saturated rings. The molecule has 0 aliphatic heterocycles. The van der Waals surface area contributed by atoms with E-state index in [1.54, 1.807) is 0 Å². The third-order valence-electron chi connectivity index (χ3n) is 17.4. The van der Waals surface area contributed by atoms with Crippen LogP contribution >= 0.6 is 0 Å². The van der Waals surface area contributed by atoms with Crippen LogP contribution in [-0.2, 0) is 28.6 Å². The Hall–Kier alpha value is -2.11. The molecule has 0 amide bonds. The molecule has 0 aliphatic carbocycles. The second-order valence-corrected chi connectivity index (χ2v) is 25.9. The molecule has 0 aromatic heterocycles. The van der Waals surface area contributed by atoms with Crippen molar-refractivity contribution in [1.82, 2.24) is 0 Å². The standard InChI is InChI=1S/C77H146O6/c1-4-7-10-13-16-19-21-23-25-27-29-31-33-35-37-38-40-41-43-45-47-49-51-53-55-58-61-64-67-70-76(79)82-73-74(72-81-75(78)69-66-63-60-57-18-15-12-9-6-3)83-77(80)71-68-65-62-59-56-54-52-50-48-46-44-42-39-36-34-32-30-28-26-24-22-20-17-14-11-8-5-2/h27-30,74H,4-26,31-73H2,1-3H3/b29-27-,30-28-. The van der Waals surface area contributed by atoms with E-state index in [4.69, 9.17) is 14.2 Å². The second kappa shape index (κ2) is 72.4. The molecule has 0 saturated carbocycles. The Morgan fingerprint density at radius 1 is 0.229 bits per heavy atom. The summed E-state index contributed by atoms with van der Waals surface area (Å²) < 4.78 is 17.0. The van der Waals surface area contributed by atoms with E-state index in [0.717, 1.165) is 57.8 Å². The van der Waals surface area contributed by atoms with Crippen molar-refractivity contribution in [2.24, 2.45) is 0 Å². The molecule has 0 radical (unpaired) electrons. The van der Waals surface area contributed by atoms with Gasteiger partial charge in [0.2, 0.25) is 0 Å². The summed E-state index contributed by atoms with van der Waals surface area (Å²) in [7, 11) is 0. The molecule has 6 nitrogen and oxygen atoms in total. The molecule has 0 spiro atoms. The topological polar surface area (TPSA) is 78.9 Å². The summed E-state index contributed by atoms with van der Waals surface area (Å²) in [5, 5.41) is 0.